The first-order valence-corrected chi connectivity index (χ1v) is 14.9. The second-order valence-electron chi connectivity index (χ2n) is 10.6. The van der Waals surface area contributed by atoms with Crippen LogP contribution in [0.25, 0.3) is 0 Å². The Morgan fingerprint density at radius 3 is 1.68 bits per heavy atom. The summed E-state index contributed by atoms with van der Waals surface area (Å²) in [5, 5.41) is 0. The molecule has 2 heteroatoms. The van der Waals surface area contributed by atoms with Crippen LogP contribution in [-0.4, -0.2) is 4.98 Å². The number of benzene rings is 1. The van der Waals surface area contributed by atoms with Gasteiger partial charge in [0.2, 0.25) is 6.33 Å². The summed E-state index contributed by atoms with van der Waals surface area (Å²) >= 11 is 0. The highest BCUT2D eigenvalue weighted by Gasteiger charge is 2.25. The molecule has 2 aromatic rings. The molecule has 2 atom stereocenters. The Morgan fingerprint density at radius 1 is 0.676 bits per heavy atom. The van der Waals surface area contributed by atoms with Crippen molar-refractivity contribution in [3.63, 3.8) is 0 Å². The molecule has 1 aromatic heterocycles. The van der Waals surface area contributed by atoms with Crippen molar-refractivity contribution < 1.29 is 4.57 Å². The number of aromatic nitrogens is 2. The smallest absolute Gasteiger partial charge is 0.241 e. The molecule has 1 N–H and O–H groups in total. The molecule has 34 heavy (non-hydrogen) atoms. The van der Waals surface area contributed by atoms with Crippen LogP contribution in [0.15, 0.2) is 49.1 Å². The Hall–Kier alpha value is -1.57. The molecule has 2 unspecified atom stereocenters. The van der Waals surface area contributed by atoms with E-state index in [4.69, 9.17) is 0 Å². The number of rotatable bonds is 22. The number of H-pyrrole nitrogens is 1. The summed E-state index contributed by atoms with van der Waals surface area (Å²) < 4.78 is 2.43. The Bertz CT molecular complexity index is 664. The maximum atomic E-state index is 3.27. The Morgan fingerprint density at radius 2 is 1.21 bits per heavy atom. The monoisotopic (exact) mass is 467 g/mol. The van der Waals surface area contributed by atoms with Gasteiger partial charge in [-0.3, -0.25) is 4.98 Å². The predicted octanol–water partition coefficient (Wildman–Crippen LogP) is 9.76. The second-order valence-corrected chi connectivity index (χ2v) is 10.6. The molecule has 0 saturated carbocycles. The van der Waals surface area contributed by atoms with Gasteiger partial charge < -0.3 is 0 Å². The molecule has 1 heterocycles. The maximum Gasteiger partial charge on any atom is 0.241 e. The van der Waals surface area contributed by atoms with Gasteiger partial charge in [-0.2, -0.15) is 0 Å². The van der Waals surface area contributed by atoms with Crippen molar-refractivity contribution in [1.82, 2.24) is 4.98 Å². The van der Waals surface area contributed by atoms with Crippen LogP contribution in [-0.2, 0) is 6.42 Å². The summed E-state index contributed by atoms with van der Waals surface area (Å²) in [6.45, 7) is 4.66. The molecule has 0 bridgehead atoms. The maximum absolute atomic E-state index is 3.27. The number of imidazole rings is 1. The lowest BCUT2D eigenvalue weighted by Crippen LogP contribution is -2.42. The second kappa shape index (κ2) is 19.7. The third kappa shape index (κ3) is 12.8. The van der Waals surface area contributed by atoms with Gasteiger partial charge in [0.25, 0.3) is 0 Å². The van der Waals surface area contributed by atoms with E-state index in [0.717, 1.165) is 0 Å². The van der Waals surface area contributed by atoms with Crippen LogP contribution in [0, 0.1) is 5.92 Å². The van der Waals surface area contributed by atoms with Crippen molar-refractivity contribution >= 4 is 0 Å². The summed E-state index contributed by atoms with van der Waals surface area (Å²) in [4.78, 5) is 3.27. The lowest BCUT2D eigenvalue weighted by atomic mass is 9.86. The highest BCUT2D eigenvalue weighted by Crippen LogP contribution is 2.26. The summed E-state index contributed by atoms with van der Waals surface area (Å²) in [5.41, 5.74) is 1.47. The van der Waals surface area contributed by atoms with Crippen molar-refractivity contribution in [2.45, 2.75) is 142 Å². The number of unbranched alkanes of at least 4 members (excludes halogenated alkanes) is 15. The molecule has 0 spiro atoms. The van der Waals surface area contributed by atoms with Crippen LogP contribution in [0.5, 0.6) is 0 Å². The summed E-state index contributed by atoms with van der Waals surface area (Å²) in [7, 11) is 0. The van der Waals surface area contributed by atoms with E-state index in [9.17, 15) is 0 Å². The van der Waals surface area contributed by atoms with Crippen LogP contribution in [0.1, 0.15) is 141 Å². The Labute approximate surface area is 212 Å². The van der Waals surface area contributed by atoms with Crippen molar-refractivity contribution in [2.75, 3.05) is 0 Å². The van der Waals surface area contributed by atoms with Crippen LogP contribution in [0.3, 0.4) is 0 Å². The van der Waals surface area contributed by atoms with Crippen molar-refractivity contribution in [2.24, 2.45) is 5.92 Å². The Kier molecular flexibility index (Phi) is 16.6. The first-order chi connectivity index (χ1) is 16.8. The summed E-state index contributed by atoms with van der Waals surface area (Å²) in [5.74, 6) is 0.694. The van der Waals surface area contributed by atoms with E-state index in [1.807, 2.05) is 0 Å². The van der Waals surface area contributed by atoms with Gasteiger partial charge in [-0.05, 0) is 31.2 Å². The van der Waals surface area contributed by atoms with Gasteiger partial charge in [0, 0.05) is 5.92 Å². The number of nitrogens with one attached hydrogen (secondary N) is 1. The lowest BCUT2D eigenvalue weighted by Gasteiger charge is -2.24. The standard InChI is InChI=1S/C32H54N2/c1-3-5-6-7-8-9-10-11-12-13-14-15-16-17-18-22-25-32(34-27-26-33-29-34)31(4-2)28-30-23-20-19-21-24-30/h19-21,23-24,26-27,29,31-32H,3-18,22,25,28H2,1-2H3/p+1. The van der Waals surface area contributed by atoms with E-state index in [2.05, 4.69) is 72.5 Å². The van der Waals surface area contributed by atoms with Crippen molar-refractivity contribution in [3.05, 3.63) is 54.6 Å². The van der Waals surface area contributed by atoms with E-state index < -0.39 is 0 Å². The first kappa shape index (κ1) is 28.7. The molecule has 0 amide bonds. The predicted molar refractivity (Wildman–Crippen MR) is 148 cm³/mol. The molecule has 0 radical (unpaired) electrons. The van der Waals surface area contributed by atoms with Gasteiger partial charge in [-0.1, -0.05) is 140 Å². The van der Waals surface area contributed by atoms with Crippen LogP contribution >= 0.6 is 0 Å². The molecule has 2 nitrogen and oxygen atoms in total. The van der Waals surface area contributed by atoms with Gasteiger partial charge in [0.05, 0.1) is 0 Å². The van der Waals surface area contributed by atoms with Gasteiger partial charge in [0.15, 0.2) is 0 Å². The van der Waals surface area contributed by atoms with Crippen LogP contribution < -0.4 is 4.57 Å². The van der Waals surface area contributed by atoms with Gasteiger partial charge in [-0.25, -0.2) is 4.57 Å². The minimum Gasteiger partial charge on any atom is -0.250 e. The molecule has 0 fully saturated rings. The molecule has 0 aliphatic rings. The summed E-state index contributed by atoms with van der Waals surface area (Å²) in [6.07, 6.45) is 33.1. The molecule has 0 saturated heterocycles. The van der Waals surface area contributed by atoms with E-state index in [0.29, 0.717) is 12.0 Å². The van der Waals surface area contributed by atoms with E-state index in [1.165, 1.54) is 128 Å². The molecule has 0 aliphatic heterocycles. The molecule has 1 aromatic carbocycles. The van der Waals surface area contributed by atoms with Gasteiger partial charge >= 0.3 is 0 Å². The average molecular weight is 468 g/mol. The number of hydrogen-bond acceptors (Lipinski definition) is 0. The van der Waals surface area contributed by atoms with E-state index >= 15 is 0 Å². The zero-order chi connectivity index (χ0) is 24.1. The highest BCUT2D eigenvalue weighted by atomic mass is 15.1. The van der Waals surface area contributed by atoms with Crippen molar-refractivity contribution in [1.29, 1.82) is 0 Å². The minimum atomic E-state index is 0.600. The number of aromatic amines is 1. The first-order valence-electron chi connectivity index (χ1n) is 14.9. The SMILES string of the molecule is CCCCCCCCCCCCCCCCCCC(C(CC)Cc1ccccc1)[n+]1cc[nH]c1. The average Bonchev–Trinajstić information content (AvgIpc) is 3.40. The quantitative estimate of drug-likeness (QED) is 0.131. The zero-order valence-electron chi connectivity index (χ0n) is 22.7. The van der Waals surface area contributed by atoms with Gasteiger partial charge in [0.1, 0.15) is 18.4 Å². The number of nitrogens with zero attached hydrogens (tertiary/aromatic N) is 1. The third-order valence-electron chi connectivity index (χ3n) is 7.71. The van der Waals surface area contributed by atoms with E-state index in [-0.39, 0.29) is 0 Å². The highest BCUT2D eigenvalue weighted by molar-refractivity contribution is 5.15. The van der Waals surface area contributed by atoms with Crippen molar-refractivity contribution in [3.8, 4) is 0 Å². The van der Waals surface area contributed by atoms with Crippen LogP contribution in [0.2, 0.25) is 0 Å². The van der Waals surface area contributed by atoms with Gasteiger partial charge in [-0.15, -0.1) is 0 Å². The fraction of sp³-hybridized carbons (Fsp3) is 0.719. The number of hydrogen-bond donors (Lipinski definition) is 1. The topological polar surface area (TPSA) is 19.7 Å². The van der Waals surface area contributed by atoms with Crippen LogP contribution in [0.4, 0.5) is 0 Å². The van der Waals surface area contributed by atoms with E-state index in [1.54, 1.807) is 0 Å². The minimum absolute atomic E-state index is 0.600. The normalized spacial score (nSPS) is 13.2. The molecule has 2 rings (SSSR count). The molecule has 0 aliphatic carbocycles. The zero-order valence-corrected chi connectivity index (χ0v) is 22.7. The fourth-order valence-electron chi connectivity index (χ4n) is 5.51. The lowest BCUT2D eigenvalue weighted by molar-refractivity contribution is -0.730. The molecule has 192 valence electrons. The largest absolute Gasteiger partial charge is 0.250 e. The summed E-state index contributed by atoms with van der Waals surface area (Å²) in [6, 6.07) is 11.7. The Balaban J connectivity index is 1.52. The molecular weight excluding hydrogens is 412 g/mol. The fourth-order valence-corrected chi connectivity index (χ4v) is 5.51. The molecular formula is C32H55N2+. The third-order valence-corrected chi connectivity index (χ3v) is 7.71.